The number of furan rings is 1. The maximum atomic E-state index is 5.93. The van der Waals surface area contributed by atoms with Crippen molar-refractivity contribution in [3.05, 3.63) is 59.2 Å². The topological polar surface area (TPSA) is 39.2 Å². The predicted octanol–water partition coefficient (Wildman–Crippen LogP) is 4.18. The molecular formula is C17H17NO. The molecule has 0 aliphatic carbocycles. The summed E-state index contributed by atoms with van der Waals surface area (Å²) < 4.78 is 5.93. The third-order valence-corrected chi connectivity index (χ3v) is 3.46. The summed E-state index contributed by atoms with van der Waals surface area (Å²) >= 11 is 0. The average molecular weight is 251 g/mol. The SMILES string of the molecule is Cc1ccc2oc(-c3ccc(CN)cc3C)cc2c1. The van der Waals surface area contributed by atoms with Crippen molar-refractivity contribution in [1.82, 2.24) is 0 Å². The largest absolute Gasteiger partial charge is 0.456 e. The van der Waals surface area contributed by atoms with Crippen molar-refractivity contribution < 1.29 is 4.42 Å². The molecule has 0 atom stereocenters. The molecule has 0 fully saturated rings. The van der Waals surface area contributed by atoms with Gasteiger partial charge < -0.3 is 10.2 Å². The highest BCUT2D eigenvalue weighted by molar-refractivity contribution is 5.84. The summed E-state index contributed by atoms with van der Waals surface area (Å²) in [5.41, 5.74) is 11.3. The molecule has 0 saturated carbocycles. The second kappa shape index (κ2) is 4.56. The van der Waals surface area contributed by atoms with Crippen LogP contribution in [0, 0.1) is 13.8 Å². The van der Waals surface area contributed by atoms with Crippen LogP contribution in [0.2, 0.25) is 0 Å². The third-order valence-electron chi connectivity index (χ3n) is 3.46. The van der Waals surface area contributed by atoms with Crippen molar-refractivity contribution in [1.29, 1.82) is 0 Å². The normalized spacial score (nSPS) is 11.1. The lowest BCUT2D eigenvalue weighted by molar-refractivity contribution is 0.631. The zero-order valence-electron chi connectivity index (χ0n) is 11.2. The first-order chi connectivity index (χ1) is 9.17. The summed E-state index contributed by atoms with van der Waals surface area (Å²) in [4.78, 5) is 0. The lowest BCUT2D eigenvalue weighted by atomic mass is 10.0. The van der Waals surface area contributed by atoms with E-state index in [0.29, 0.717) is 6.54 Å². The molecule has 0 bridgehead atoms. The van der Waals surface area contributed by atoms with Gasteiger partial charge in [0.2, 0.25) is 0 Å². The number of aryl methyl sites for hydroxylation is 2. The molecular weight excluding hydrogens is 234 g/mol. The number of hydrogen-bond donors (Lipinski definition) is 1. The summed E-state index contributed by atoms with van der Waals surface area (Å²) in [6.07, 6.45) is 0. The minimum atomic E-state index is 0.570. The lowest BCUT2D eigenvalue weighted by Gasteiger charge is -2.04. The van der Waals surface area contributed by atoms with E-state index in [1.54, 1.807) is 0 Å². The maximum absolute atomic E-state index is 5.93. The van der Waals surface area contributed by atoms with Gasteiger partial charge in [-0.05, 0) is 43.2 Å². The monoisotopic (exact) mass is 251 g/mol. The Morgan fingerprint density at radius 2 is 1.84 bits per heavy atom. The number of nitrogens with two attached hydrogens (primary N) is 1. The van der Waals surface area contributed by atoms with Crippen molar-refractivity contribution in [3.8, 4) is 11.3 Å². The molecule has 2 heteroatoms. The van der Waals surface area contributed by atoms with Gasteiger partial charge in [0.1, 0.15) is 11.3 Å². The molecule has 0 saturated heterocycles. The minimum absolute atomic E-state index is 0.570. The summed E-state index contributed by atoms with van der Waals surface area (Å²) in [5, 5.41) is 1.15. The van der Waals surface area contributed by atoms with Gasteiger partial charge in [0.15, 0.2) is 0 Å². The molecule has 1 heterocycles. The molecule has 0 radical (unpaired) electrons. The number of benzene rings is 2. The van der Waals surface area contributed by atoms with Gasteiger partial charge in [0, 0.05) is 17.5 Å². The maximum Gasteiger partial charge on any atom is 0.135 e. The summed E-state index contributed by atoms with van der Waals surface area (Å²) in [6.45, 7) is 4.75. The van der Waals surface area contributed by atoms with Crippen molar-refractivity contribution in [2.75, 3.05) is 0 Å². The number of fused-ring (bicyclic) bond motifs is 1. The van der Waals surface area contributed by atoms with Gasteiger partial charge in [-0.25, -0.2) is 0 Å². The van der Waals surface area contributed by atoms with E-state index < -0.39 is 0 Å². The molecule has 3 aromatic rings. The highest BCUT2D eigenvalue weighted by atomic mass is 16.3. The van der Waals surface area contributed by atoms with Crippen LogP contribution in [0.5, 0.6) is 0 Å². The molecule has 96 valence electrons. The first kappa shape index (κ1) is 12.0. The Morgan fingerprint density at radius 3 is 2.58 bits per heavy atom. The van der Waals surface area contributed by atoms with Crippen LogP contribution in [0.1, 0.15) is 16.7 Å². The molecule has 2 N–H and O–H groups in total. The third kappa shape index (κ3) is 2.15. The highest BCUT2D eigenvalue weighted by Gasteiger charge is 2.09. The molecule has 0 aliphatic rings. The molecule has 3 rings (SSSR count). The lowest BCUT2D eigenvalue weighted by Crippen LogP contribution is -1.96. The standard InChI is InChI=1S/C17H17NO/c1-11-3-6-16-14(7-11)9-17(19-16)15-5-4-13(10-18)8-12(15)2/h3-9H,10,18H2,1-2H3. The van der Waals surface area contributed by atoms with E-state index in [1.807, 2.05) is 6.07 Å². The summed E-state index contributed by atoms with van der Waals surface area (Å²) in [5.74, 6) is 0.918. The predicted molar refractivity (Wildman–Crippen MR) is 79.0 cm³/mol. The van der Waals surface area contributed by atoms with Crippen molar-refractivity contribution in [3.63, 3.8) is 0 Å². The Balaban J connectivity index is 2.13. The van der Waals surface area contributed by atoms with Gasteiger partial charge in [0.25, 0.3) is 0 Å². The zero-order chi connectivity index (χ0) is 13.4. The van der Waals surface area contributed by atoms with Crippen LogP contribution in [0.3, 0.4) is 0 Å². The Kier molecular flexibility index (Phi) is 2.88. The van der Waals surface area contributed by atoms with Crippen LogP contribution < -0.4 is 5.73 Å². The fraction of sp³-hybridized carbons (Fsp3) is 0.176. The first-order valence-electron chi connectivity index (χ1n) is 6.47. The van der Waals surface area contributed by atoms with Gasteiger partial charge in [-0.15, -0.1) is 0 Å². The minimum Gasteiger partial charge on any atom is -0.456 e. The Labute approximate surface area is 112 Å². The van der Waals surface area contributed by atoms with E-state index >= 15 is 0 Å². The molecule has 19 heavy (non-hydrogen) atoms. The van der Waals surface area contributed by atoms with Crippen LogP contribution >= 0.6 is 0 Å². The van der Waals surface area contributed by atoms with Crippen molar-refractivity contribution in [2.24, 2.45) is 5.73 Å². The van der Waals surface area contributed by atoms with Gasteiger partial charge in [-0.1, -0.05) is 29.8 Å². The van der Waals surface area contributed by atoms with Gasteiger partial charge in [-0.3, -0.25) is 0 Å². The van der Waals surface area contributed by atoms with Crippen LogP contribution in [0.4, 0.5) is 0 Å². The second-order valence-electron chi connectivity index (χ2n) is 5.01. The molecule has 0 amide bonds. The van der Waals surface area contributed by atoms with Crippen LogP contribution in [0.15, 0.2) is 46.9 Å². The number of rotatable bonds is 2. The second-order valence-corrected chi connectivity index (χ2v) is 5.01. The van der Waals surface area contributed by atoms with Gasteiger partial charge >= 0.3 is 0 Å². The zero-order valence-corrected chi connectivity index (χ0v) is 11.2. The Bertz CT molecular complexity index is 740. The van der Waals surface area contributed by atoms with Gasteiger partial charge in [-0.2, -0.15) is 0 Å². The Hall–Kier alpha value is -2.06. The molecule has 1 aromatic heterocycles. The van der Waals surface area contributed by atoms with E-state index in [0.717, 1.165) is 27.9 Å². The van der Waals surface area contributed by atoms with Crippen LogP contribution in [0.25, 0.3) is 22.3 Å². The summed E-state index contributed by atoms with van der Waals surface area (Å²) in [7, 11) is 0. The molecule has 0 aliphatic heterocycles. The highest BCUT2D eigenvalue weighted by Crippen LogP contribution is 2.30. The van der Waals surface area contributed by atoms with Crippen molar-refractivity contribution >= 4 is 11.0 Å². The molecule has 0 unspecified atom stereocenters. The molecule has 2 nitrogen and oxygen atoms in total. The molecule has 2 aromatic carbocycles. The molecule has 0 spiro atoms. The Morgan fingerprint density at radius 1 is 1.00 bits per heavy atom. The van der Waals surface area contributed by atoms with E-state index in [-0.39, 0.29) is 0 Å². The summed E-state index contributed by atoms with van der Waals surface area (Å²) in [6, 6.07) is 14.6. The number of hydrogen-bond acceptors (Lipinski definition) is 2. The van der Waals surface area contributed by atoms with E-state index in [4.69, 9.17) is 10.2 Å². The van der Waals surface area contributed by atoms with Gasteiger partial charge in [0.05, 0.1) is 0 Å². The first-order valence-corrected chi connectivity index (χ1v) is 6.47. The van der Waals surface area contributed by atoms with Crippen molar-refractivity contribution in [2.45, 2.75) is 20.4 Å². The smallest absolute Gasteiger partial charge is 0.135 e. The van der Waals surface area contributed by atoms with E-state index in [9.17, 15) is 0 Å². The quantitative estimate of drug-likeness (QED) is 0.742. The average Bonchev–Trinajstić information content (AvgIpc) is 2.81. The van der Waals surface area contributed by atoms with E-state index in [1.165, 1.54) is 11.1 Å². The van der Waals surface area contributed by atoms with Crippen LogP contribution in [-0.4, -0.2) is 0 Å². The van der Waals surface area contributed by atoms with E-state index in [2.05, 4.69) is 50.2 Å². The fourth-order valence-corrected chi connectivity index (χ4v) is 2.42. The van der Waals surface area contributed by atoms with Crippen LogP contribution in [-0.2, 0) is 6.54 Å². The fourth-order valence-electron chi connectivity index (χ4n) is 2.42.